The third-order valence-electron chi connectivity index (χ3n) is 5.61. The molecule has 33 heavy (non-hydrogen) atoms. The molecular formula is C25H28FN5OSi. The number of aromatic nitrogens is 4. The average molecular weight is 462 g/mol. The van der Waals surface area contributed by atoms with Gasteiger partial charge in [0.25, 0.3) is 5.82 Å². The fourth-order valence-electron chi connectivity index (χ4n) is 3.80. The van der Waals surface area contributed by atoms with Crippen molar-refractivity contribution in [2.75, 3.05) is 6.61 Å². The number of rotatable bonds is 8. The second kappa shape index (κ2) is 9.30. The molecule has 0 atom stereocenters. The zero-order valence-electron chi connectivity index (χ0n) is 19.5. The van der Waals surface area contributed by atoms with E-state index in [0.29, 0.717) is 24.8 Å². The van der Waals surface area contributed by atoms with Crippen molar-refractivity contribution >= 4 is 19.5 Å². The lowest BCUT2D eigenvalue weighted by molar-refractivity contribution is 0.0768. The van der Waals surface area contributed by atoms with Crippen molar-refractivity contribution in [2.45, 2.75) is 45.8 Å². The van der Waals surface area contributed by atoms with Gasteiger partial charge < -0.3 is 9.58 Å². The second-order valence-corrected chi connectivity index (χ2v) is 14.9. The van der Waals surface area contributed by atoms with Crippen LogP contribution in [0.3, 0.4) is 0 Å². The first-order valence-electron chi connectivity index (χ1n) is 11.1. The number of ether oxygens (including phenoxy) is 1. The van der Waals surface area contributed by atoms with Crippen LogP contribution in [0.25, 0.3) is 32.9 Å². The summed E-state index contributed by atoms with van der Waals surface area (Å²) in [6.07, 6.45) is 4.25. The normalized spacial score (nSPS) is 11.8. The van der Waals surface area contributed by atoms with Crippen LogP contribution < -0.4 is 0 Å². The zero-order chi connectivity index (χ0) is 23.6. The predicted octanol–water partition coefficient (Wildman–Crippen LogP) is 6.43. The van der Waals surface area contributed by atoms with Gasteiger partial charge in [-0.3, -0.25) is 0 Å². The summed E-state index contributed by atoms with van der Waals surface area (Å²) in [5.74, 6) is 0.168. The number of imidazole rings is 1. The Morgan fingerprint density at radius 3 is 2.48 bits per heavy atom. The minimum absolute atomic E-state index is 0.285. The molecule has 1 aromatic carbocycles. The summed E-state index contributed by atoms with van der Waals surface area (Å²) in [6.45, 7) is 17.6. The standard InChI is InChI=1S/C25H28FN5OSi/c1-6-21-24(19-9-12-22-28-15-23(27-2)30(22)16-19)25(18-7-10-20(26)11-8-18)29-31(21)17-32-13-14-33(3,4)5/h7-12,15-16H,6,13-14,17H2,1,3-5H3. The van der Waals surface area contributed by atoms with Crippen molar-refractivity contribution in [1.82, 2.24) is 19.2 Å². The average Bonchev–Trinajstić information content (AvgIpc) is 3.37. The largest absolute Gasteiger partial charge is 0.362 e. The fraction of sp³-hybridized carbons (Fsp3) is 0.320. The molecule has 0 aliphatic carbocycles. The van der Waals surface area contributed by atoms with Gasteiger partial charge in [0.05, 0.1) is 12.4 Å². The topological polar surface area (TPSA) is 48.7 Å². The van der Waals surface area contributed by atoms with Gasteiger partial charge in [0.2, 0.25) is 5.65 Å². The Bertz CT molecular complexity index is 1310. The summed E-state index contributed by atoms with van der Waals surface area (Å²) in [6, 6.07) is 11.4. The first kappa shape index (κ1) is 22.9. The molecule has 0 unspecified atom stereocenters. The van der Waals surface area contributed by atoms with Crippen LogP contribution in [-0.4, -0.2) is 33.8 Å². The molecule has 0 N–H and O–H groups in total. The van der Waals surface area contributed by atoms with Crippen molar-refractivity contribution in [3.63, 3.8) is 0 Å². The van der Waals surface area contributed by atoms with E-state index in [9.17, 15) is 4.39 Å². The van der Waals surface area contributed by atoms with E-state index >= 15 is 0 Å². The fourth-order valence-corrected chi connectivity index (χ4v) is 4.56. The van der Waals surface area contributed by atoms with E-state index in [1.165, 1.54) is 12.1 Å². The van der Waals surface area contributed by atoms with E-state index < -0.39 is 8.07 Å². The van der Waals surface area contributed by atoms with Crippen molar-refractivity contribution in [1.29, 1.82) is 0 Å². The van der Waals surface area contributed by atoms with Gasteiger partial charge in [0.1, 0.15) is 18.2 Å². The molecule has 0 saturated heterocycles. The molecule has 3 heterocycles. The highest BCUT2D eigenvalue weighted by Gasteiger charge is 2.22. The highest BCUT2D eigenvalue weighted by molar-refractivity contribution is 6.76. The van der Waals surface area contributed by atoms with Crippen LogP contribution >= 0.6 is 0 Å². The van der Waals surface area contributed by atoms with Gasteiger partial charge in [-0.15, -0.1) is 0 Å². The third kappa shape index (κ3) is 4.89. The van der Waals surface area contributed by atoms with Crippen molar-refractivity contribution in [3.8, 4) is 22.4 Å². The van der Waals surface area contributed by atoms with E-state index in [1.54, 1.807) is 22.7 Å². The first-order valence-corrected chi connectivity index (χ1v) is 14.8. The molecule has 3 aromatic heterocycles. The van der Waals surface area contributed by atoms with E-state index in [-0.39, 0.29) is 5.82 Å². The predicted molar refractivity (Wildman–Crippen MR) is 132 cm³/mol. The maximum Gasteiger partial charge on any atom is 0.254 e. The van der Waals surface area contributed by atoms with Crippen LogP contribution in [0.5, 0.6) is 0 Å². The van der Waals surface area contributed by atoms with Crippen molar-refractivity contribution in [2.24, 2.45) is 0 Å². The lowest BCUT2D eigenvalue weighted by Crippen LogP contribution is -2.22. The number of benzene rings is 1. The molecule has 0 spiro atoms. The minimum atomic E-state index is -1.19. The van der Waals surface area contributed by atoms with Crippen LogP contribution in [0, 0.1) is 12.4 Å². The number of halogens is 1. The zero-order valence-corrected chi connectivity index (χ0v) is 20.5. The van der Waals surface area contributed by atoms with Gasteiger partial charge >= 0.3 is 0 Å². The van der Waals surface area contributed by atoms with E-state index in [1.807, 2.05) is 23.0 Å². The van der Waals surface area contributed by atoms with Crippen LogP contribution in [0.4, 0.5) is 10.2 Å². The molecule has 0 aliphatic rings. The number of hydrogen-bond acceptors (Lipinski definition) is 3. The Morgan fingerprint density at radius 2 is 1.82 bits per heavy atom. The quantitative estimate of drug-likeness (QED) is 0.173. The summed E-state index contributed by atoms with van der Waals surface area (Å²) < 4.78 is 23.3. The Hall–Kier alpha value is -3.28. The van der Waals surface area contributed by atoms with Gasteiger partial charge in [0, 0.05) is 43.1 Å². The van der Waals surface area contributed by atoms with Gasteiger partial charge in [-0.05, 0) is 42.8 Å². The Labute approximate surface area is 194 Å². The molecule has 0 saturated carbocycles. The molecule has 0 radical (unpaired) electrons. The monoisotopic (exact) mass is 461 g/mol. The van der Waals surface area contributed by atoms with Crippen molar-refractivity contribution < 1.29 is 9.13 Å². The van der Waals surface area contributed by atoms with Gasteiger partial charge in [0.15, 0.2) is 0 Å². The third-order valence-corrected chi connectivity index (χ3v) is 7.31. The molecule has 170 valence electrons. The van der Waals surface area contributed by atoms with Crippen LogP contribution in [-0.2, 0) is 17.9 Å². The number of fused-ring (bicyclic) bond motifs is 1. The second-order valence-electron chi connectivity index (χ2n) is 9.25. The number of hydrogen-bond donors (Lipinski definition) is 0. The van der Waals surface area contributed by atoms with Gasteiger partial charge in [-0.25, -0.2) is 18.5 Å². The van der Waals surface area contributed by atoms with Crippen LogP contribution in [0.1, 0.15) is 12.6 Å². The van der Waals surface area contributed by atoms with Gasteiger partial charge in [-0.1, -0.05) is 33.1 Å². The molecule has 6 nitrogen and oxygen atoms in total. The lowest BCUT2D eigenvalue weighted by atomic mass is 9.99. The summed E-state index contributed by atoms with van der Waals surface area (Å²) in [7, 11) is -1.19. The first-order chi connectivity index (χ1) is 15.8. The smallest absolute Gasteiger partial charge is 0.254 e. The Morgan fingerprint density at radius 1 is 1.09 bits per heavy atom. The molecule has 0 aliphatic heterocycles. The molecule has 0 bridgehead atoms. The van der Waals surface area contributed by atoms with E-state index in [0.717, 1.165) is 40.5 Å². The molecular weight excluding hydrogens is 433 g/mol. The summed E-state index contributed by atoms with van der Waals surface area (Å²) >= 11 is 0. The van der Waals surface area contributed by atoms with Gasteiger partial charge in [-0.2, -0.15) is 5.10 Å². The molecule has 0 fully saturated rings. The summed E-state index contributed by atoms with van der Waals surface area (Å²) in [5.41, 5.74) is 5.24. The highest BCUT2D eigenvalue weighted by Crippen LogP contribution is 2.36. The molecule has 8 heteroatoms. The van der Waals surface area contributed by atoms with Crippen LogP contribution in [0.15, 0.2) is 48.8 Å². The maximum atomic E-state index is 13.6. The summed E-state index contributed by atoms with van der Waals surface area (Å²) in [5, 5.41) is 4.90. The molecule has 0 amide bonds. The van der Waals surface area contributed by atoms with E-state index in [4.69, 9.17) is 16.4 Å². The highest BCUT2D eigenvalue weighted by atomic mass is 28.3. The lowest BCUT2D eigenvalue weighted by Gasteiger charge is -2.16. The van der Waals surface area contributed by atoms with Crippen molar-refractivity contribution in [3.05, 3.63) is 71.7 Å². The number of pyridine rings is 1. The summed E-state index contributed by atoms with van der Waals surface area (Å²) in [4.78, 5) is 7.87. The molecule has 4 rings (SSSR count). The van der Waals surface area contributed by atoms with E-state index in [2.05, 4.69) is 36.4 Å². The molecule has 4 aromatic rings. The van der Waals surface area contributed by atoms with Crippen LogP contribution in [0.2, 0.25) is 25.7 Å². The number of nitrogens with zero attached hydrogens (tertiary/aromatic N) is 5. The SMILES string of the molecule is [C-]#[N+]c1cnc2ccc(-c3c(-c4ccc(F)cc4)nn(COCC[Si](C)(C)C)c3CC)cn12. The Kier molecular flexibility index (Phi) is 6.45. The Balaban J connectivity index is 1.80. The minimum Gasteiger partial charge on any atom is -0.362 e. The maximum absolute atomic E-state index is 13.6.